The summed E-state index contributed by atoms with van der Waals surface area (Å²) in [5, 5.41) is 11.7. The van der Waals surface area contributed by atoms with Gasteiger partial charge >= 0.3 is 0 Å². The van der Waals surface area contributed by atoms with Crippen molar-refractivity contribution in [1.29, 1.82) is 0 Å². The van der Waals surface area contributed by atoms with Crippen molar-refractivity contribution >= 4 is 5.91 Å². The van der Waals surface area contributed by atoms with Gasteiger partial charge in [0, 0.05) is 30.9 Å². The number of aromatic nitrogens is 5. The van der Waals surface area contributed by atoms with Gasteiger partial charge in [-0.3, -0.25) is 9.89 Å². The topological polar surface area (TPSA) is 79.7 Å². The van der Waals surface area contributed by atoms with Gasteiger partial charge in [-0.1, -0.05) is 13.0 Å². The van der Waals surface area contributed by atoms with E-state index in [2.05, 4.69) is 27.2 Å². The van der Waals surface area contributed by atoms with Gasteiger partial charge < -0.3 is 4.90 Å². The number of aromatic amines is 1. The minimum atomic E-state index is 0.0388. The largest absolute Gasteiger partial charge is 0.338 e. The molecular weight excluding hydrogens is 340 g/mol. The van der Waals surface area contributed by atoms with Gasteiger partial charge in [0.25, 0.3) is 5.91 Å². The number of piperidine rings is 1. The molecular formula is C20H24N6O. The van der Waals surface area contributed by atoms with E-state index < -0.39 is 0 Å². The molecule has 1 fully saturated rings. The Morgan fingerprint density at radius 3 is 3.00 bits per heavy atom. The molecule has 1 aliphatic heterocycles. The van der Waals surface area contributed by atoms with Gasteiger partial charge in [-0.15, -0.1) is 0 Å². The van der Waals surface area contributed by atoms with Gasteiger partial charge in [0.2, 0.25) is 0 Å². The molecule has 0 spiro atoms. The summed E-state index contributed by atoms with van der Waals surface area (Å²) >= 11 is 0. The van der Waals surface area contributed by atoms with Crippen LogP contribution in [0, 0.1) is 6.92 Å². The highest BCUT2D eigenvalue weighted by Gasteiger charge is 2.29. The molecule has 1 aliphatic rings. The molecule has 4 rings (SSSR count). The summed E-state index contributed by atoms with van der Waals surface area (Å²) in [4.78, 5) is 19.4. The molecule has 0 bridgehead atoms. The fourth-order valence-corrected chi connectivity index (χ4v) is 3.85. The summed E-state index contributed by atoms with van der Waals surface area (Å²) in [5.41, 5.74) is 3.88. The van der Waals surface area contributed by atoms with Crippen LogP contribution in [-0.2, 0) is 6.42 Å². The number of hydrogen-bond donors (Lipinski definition) is 1. The summed E-state index contributed by atoms with van der Waals surface area (Å²) in [6.45, 7) is 5.54. The Balaban J connectivity index is 1.55. The third-order valence-corrected chi connectivity index (χ3v) is 5.36. The van der Waals surface area contributed by atoms with Crippen LogP contribution in [0.3, 0.4) is 0 Å². The Labute approximate surface area is 158 Å². The molecule has 7 nitrogen and oxygen atoms in total. The predicted molar refractivity (Wildman–Crippen MR) is 102 cm³/mol. The van der Waals surface area contributed by atoms with E-state index in [9.17, 15) is 4.79 Å². The maximum Gasteiger partial charge on any atom is 0.257 e. The fraction of sp³-hybridized carbons (Fsp3) is 0.400. The normalized spacial score (nSPS) is 17.3. The van der Waals surface area contributed by atoms with Crippen LogP contribution in [0.1, 0.15) is 53.0 Å². The quantitative estimate of drug-likeness (QED) is 0.772. The molecule has 4 heterocycles. The van der Waals surface area contributed by atoms with E-state index in [0.29, 0.717) is 18.0 Å². The van der Waals surface area contributed by atoms with Crippen LogP contribution in [0.4, 0.5) is 0 Å². The second kappa shape index (κ2) is 7.34. The Morgan fingerprint density at radius 1 is 1.33 bits per heavy atom. The first-order valence-corrected chi connectivity index (χ1v) is 9.46. The second-order valence-corrected chi connectivity index (χ2v) is 7.00. The molecule has 1 atom stereocenters. The minimum absolute atomic E-state index is 0.0388. The van der Waals surface area contributed by atoms with Crippen molar-refractivity contribution in [2.75, 3.05) is 13.1 Å². The third-order valence-electron chi connectivity index (χ3n) is 5.36. The van der Waals surface area contributed by atoms with Crippen LogP contribution >= 0.6 is 0 Å². The van der Waals surface area contributed by atoms with E-state index in [-0.39, 0.29) is 5.91 Å². The molecule has 1 saturated heterocycles. The van der Waals surface area contributed by atoms with Gasteiger partial charge in [0.15, 0.2) is 5.82 Å². The van der Waals surface area contributed by atoms with E-state index in [1.54, 1.807) is 17.1 Å². The highest BCUT2D eigenvalue weighted by atomic mass is 16.2. The number of aryl methyl sites for hydroxylation is 1. The highest BCUT2D eigenvalue weighted by molar-refractivity contribution is 5.95. The number of rotatable bonds is 4. The zero-order valence-corrected chi connectivity index (χ0v) is 15.7. The molecule has 3 aromatic rings. The van der Waals surface area contributed by atoms with Crippen molar-refractivity contribution in [3.05, 3.63) is 59.3 Å². The van der Waals surface area contributed by atoms with Gasteiger partial charge in [-0.05, 0) is 43.9 Å². The van der Waals surface area contributed by atoms with Crippen LogP contribution in [-0.4, -0.2) is 48.9 Å². The van der Waals surface area contributed by atoms with E-state index in [1.165, 1.54) is 11.3 Å². The first-order chi connectivity index (χ1) is 13.2. The fourth-order valence-electron chi connectivity index (χ4n) is 3.85. The number of carbonyl (C=O) groups excluding carboxylic acids is 1. The second-order valence-electron chi connectivity index (χ2n) is 7.00. The maximum absolute atomic E-state index is 13.2. The average molecular weight is 364 g/mol. The molecule has 7 heteroatoms. The Bertz CT molecular complexity index is 929. The summed E-state index contributed by atoms with van der Waals surface area (Å²) < 4.78 is 1.72. The molecule has 0 unspecified atom stereocenters. The Hall–Kier alpha value is -2.96. The molecule has 0 aliphatic carbocycles. The number of H-pyrrole nitrogens is 1. The van der Waals surface area contributed by atoms with Gasteiger partial charge in [-0.2, -0.15) is 10.2 Å². The number of hydrogen-bond acceptors (Lipinski definition) is 4. The number of nitrogens with zero attached hydrogens (tertiary/aromatic N) is 5. The maximum atomic E-state index is 13.2. The minimum Gasteiger partial charge on any atom is -0.338 e. The van der Waals surface area contributed by atoms with Gasteiger partial charge in [0.1, 0.15) is 0 Å². The van der Waals surface area contributed by atoms with Crippen LogP contribution in [0.15, 0.2) is 36.8 Å². The van der Waals surface area contributed by atoms with Crippen molar-refractivity contribution in [3.8, 4) is 5.82 Å². The SMILES string of the molecule is CCc1cn[nH]c1[C@@H]1CCCN(C(=O)c2cnn(-c3ccccn3)c2C)C1. The van der Waals surface area contributed by atoms with Gasteiger partial charge in [-0.25, -0.2) is 9.67 Å². The van der Waals surface area contributed by atoms with Crippen molar-refractivity contribution in [2.24, 2.45) is 0 Å². The first-order valence-electron chi connectivity index (χ1n) is 9.46. The molecule has 27 heavy (non-hydrogen) atoms. The standard InChI is InChI=1S/C20H24N6O/c1-3-15-11-22-24-19(15)16-7-6-10-25(13-16)20(27)17-12-23-26(14(17)2)18-8-4-5-9-21-18/h4-5,8-9,11-12,16H,3,6-7,10,13H2,1-2H3,(H,22,24)/t16-/m1/s1. The lowest BCUT2D eigenvalue weighted by molar-refractivity contribution is 0.0705. The van der Waals surface area contributed by atoms with Crippen LogP contribution in [0.25, 0.3) is 5.82 Å². The summed E-state index contributed by atoms with van der Waals surface area (Å²) in [5.74, 6) is 1.07. The summed E-state index contributed by atoms with van der Waals surface area (Å²) in [6, 6.07) is 5.66. The number of pyridine rings is 1. The lowest BCUT2D eigenvalue weighted by atomic mass is 9.91. The highest BCUT2D eigenvalue weighted by Crippen LogP contribution is 2.29. The number of likely N-dealkylation sites (tertiary alicyclic amines) is 1. The van der Waals surface area contributed by atoms with Crippen molar-refractivity contribution in [3.63, 3.8) is 0 Å². The van der Waals surface area contributed by atoms with E-state index in [0.717, 1.165) is 37.3 Å². The zero-order chi connectivity index (χ0) is 18.8. The lowest BCUT2D eigenvalue weighted by Gasteiger charge is -2.32. The van der Waals surface area contributed by atoms with Crippen LogP contribution < -0.4 is 0 Å². The van der Waals surface area contributed by atoms with E-state index in [1.807, 2.05) is 36.2 Å². The summed E-state index contributed by atoms with van der Waals surface area (Å²) in [7, 11) is 0. The lowest BCUT2D eigenvalue weighted by Crippen LogP contribution is -2.39. The summed E-state index contributed by atoms with van der Waals surface area (Å²) in [6.07, 6.45) is 8.30. The zero-order valence-electron chi connectivity index (χ0n) is 15.7. The first kappa shape index (κ1) is 17.5. The van der Waals surface area contributed by atoms with Crippen LogP contribution in [0.5, 0.6) is 0 Å². The predicted octanol–water partition coefficient (Wildman–Crippen LogP) is 2.88. The van der Waals surface area contributed by atoms with E-state index >= 15 is 0 Å². The van der Waals surface area contributed by atoms with Crippen LogP contribution in [0.2, 0.25) is 0 Å². The monoisotopic (exact) mass is 364 g/mol. The molecule has 1 N–H and O–H groups in total. The number of carbonyl (C=O) groups is 1. The smallest absolute Gasteiger partial charge is 0.257 e. The molecule has 3 aromatic heterocycles. The number of nitrogens with one attached hydrogen (secondary N) is 1. The number of amides is 1. The molecule has 140 valence electrons. The Kier molecular flexibility index (Phi) is 4.75. The van der Waals surface area contributed by atoms with E-state index in [4.69, 9.17) is 0 Å². The molecule has 1 amide bonds. The van der Waals surface area contributed by atoms with Gasteiger partial charge in [0.05, 0.1) is 23.7 Å². The van der Waals surface area contributed by atoms with Crippen molar-refractivity contribution in [1.82, 2.24) is 29.9 Å². The molecule has 0 aromatic carbocycles. The third kappa shape index (κ3) is 3.25. The average Bonchev–Trinajstić information content (AvgIpc) is 3.34. The molecule has 0 radical (unpaired) electrons. The Morgan fingerprint density at radius 2 is 2.22 bits per heavy atom. The molecule has 0 saturated carbocycles. The van der Waals surface area contributed by atoms with Crippen molar-refractivity contribution in [2.45, 2.75) is 39.0 Å². The van der Waals surface area contributed by atoms with Crippen molar-refractivity contribution < 1.29 is 4.79 Å².